The van der Waals surface area contributed by atoms with Gasteiger partial charge in [-0.15, -0.1) is 0 Å². The number of fused-ring (bicyclic) bond motifs is 1. The molecular weight excluding hydrogens is 202 g/mol. The lowest BCUT2D eigenvalue weighted by molar-refractivity contribution is -0.118. The number of nitrogens with zero attached hydrogens (tertiary/aromatic N) is 1. The third kappa shape index (κ3) is 2.52. The maximum Gasteiger partial charge on any atom is 0.218 e. The van der Waals surface area contributed by atoms with Gasteiger partial charge in [0, 0.05) is 31.7 Å². The molecule has 0 saturated carbocycles. The summed E-state index contributed by atoms with van der Waals surface area (Å²) in [5.41, 5.74) is 14.3. The summed E-state index contributed by atoms with van der Waals surface area (Å²) in [4.78, 5) is 13.0. The van der Waals surface area contributed by atoms with Gasteiger partial charge in [-0.2, -0.15) is 0 Å². The van der Waals surface area contributed by atoms with Crippen molar-refractivity contribution < 1.29 is 4.79 Å². The summed E-state index contributed by atoms with van der Waals surface area (Å²) in [6.45, 7) is 2.60. The van der Waals surface area contributed by atoms with Crippen molar-refractivity contribution in [2.45, 2.75) is 19.4 Å². The van der Waals surface area contributed by atoms with E-state index < -0.39 is 0 Å². The molecule has 16 heavy (non-hydrogen) atoms. The first-order chi connectivity index (χ1) is 7.65. The zero-order chi connectivity index (χ0) is 11.5. The van der Waals surface area contributed by atoms with Crippen LogP contribution in [0.5, 0.6) is 0 Å². The first kappa shape index (κ1) is 11.0. The number of amides is 1. The maximum atomic E-state index is 10.7. The molecule has 0 bridgehead atoms. The van der Waals surface area contributed by atoms with E-state index in [1.165, 1.54) is 11.1 Å². The summed E-state index contributed by atoms with van der Waals surface area (Å²) < 4.78 is 0. The van der Waals surface area contributed by atoms with Gasteiger partial charge in [0.05, 0.1) is 0 Å². The standard InChI is InChI=1S/C12H17N3O/c13-11-2-1-9-3-5-15(6-4-12(14)16)8-10(9)7-11/h1-2,7H,3-6,8,13H2,(H2,14,16). The fourth-order valence-electron chi connectivity index (χ4n) is 2.09. The van der Waals surface area contributed by atoms with Crippen molar-refractivity contribution in [3.05, 3.63) is 29.3 Å². The second kappa shape index (κ2) is 4.53. The molecule has 2 rings (SSSR count). The average Bonchev–Trinajstić information content (AvgIpc) is 2.25. The van der Waals surface area contributed by atoms with Gasteiger partial charge in [-0.1, -0.05) is 6.07 Å². The van der Waals surface area contributed by atoms with E-state index in [2.05, 4.69) is 11.0 Å². The molecule has 0 spiro atoms. The molecule has 0 radical (unpaired) electrons. The predicted octanol–water partition coefficient (Wildman–Crippen LogP) is 0.502. The predicted molar refractivity (Wildman–Crippen MR) is 63.6 cm³/mol. The van der Waals surface area contributed by atoms with E-state index in [9.17, 15) is 4.79 Å². The number of carbonyl (C=O) groups excluding carboxylic acids is 1. The van der Waals surface area contributed by atoms with Crippen LogP contribution in [0.4, 0.5) is 5.69 Å². The number of nitrogen functional groups attached to an aromatic ring is 1. The Hall–Kier alpha value is -1.55. The Bertz CT molecular complexity index is 403. The van der Waals surface area contributed by atoms with Gasteiger partial charge in [0.2, 0.25) is 5.91 Å². The molecule has 1 aliphatic rings. The van der Waals surface area contributed by atoms with Gasteiger partial charge in [0.15, 0.2) is 0 Å². The molecule has 1 aromatic carbocycles. The summed E-state index contributed by atoms with van der Waals surface area (Å²) in [7, 11) is 0. The molecule has 4 N–H and O–H groups in total. The van der Waals surface area contributed by atoms with Gasteiger partial charge in [0.1, 0.15) is 0 Å². The summed E-state index contributed by atoms with van der Waals surface area (Å²) in [6.07, 6.45) is 1.45. The third-order valence-corrected chi connectivity index (χ3v) is 3.00. The monoisotopic (exact) mass is 219 g/mol. The van der Waals surface area contributed by atoms with Gasteiger partial charge in [-0.25, -0.2) is 0 Å². The van der Waals surface area contributed by atoms with Crippen molar-refractivity contribution in [1.82, 2.24) is 4.90 Å². The van der Waals surface area contributed by atoms with Gasteiger partial charge >= 0.3 is 0 Å². The first-order valence-corrected chi connectivity index (χ1v) is 5.53. The molecule has 1 heterocycles. The number of anilines is 1. The summed E-state index contributed by atoms with van der Waals surface area (Å²) in [5.74, 6) is -0.238. The van der Waals surface area contributed by atoms with Gasteiger partial charge in [0.25, 0.3) is 0 Å². The molecule has 86 valence electrons. The Labute approximate surface area is 95.2 Å². The topological polar surface area (TPSA) is 72.4 Å². The van der Waals surface area contributed by atoms with E-state index >= 15 is 0 Å². The average molecular weight is 219 g/mol. The van der Waals surface area contributed by atoms with Crippen LogP contribution in [0.25, 0.3) is 0 Å². The molecule has 1 amide bonds. The minimum atomic E-state index is -0.238. The Balaban J connectivity index is 2.02. The molecule has 0 aromatic heterocycles. The molecule has 1 aromatic rings. The molecule has 4 nitrogen and oxygen atoms in total. The van der Waals surface area contributed by atoms with Crippen LogP contribution in [0.2, 0.25) is 0 Å². The lowest BCUT2D eigenvalue weighted by Crippen LogP contribution is -2.33. The molecule has 0 saturated heterocycles. The number of benzene rings is 1. The quantitative estimate of drug-likeness (QED) is 0.727. The Morgan fingerprint density at radius 1 is 1.38 bits per heavy atom. The van der Waals surface area contributed by atoms with Crippen molar-refractivity contribution in [3.63, 3.8) is 0 Å². The van der Waals surface area contributed by atoms with E-state index in [4.69, 9.17) is 11.5 Å². The Morgan fingerprint density at radius 2 is 2.19 bits per heavy atom. The number of nitrogens with two attached hydrogens (primary N) is 2. The fourth-order valence-corrected chi connectivity index (χ4v) is 2.09. The Morgan fingerprint density at radius 3 is 2.94 bits per heavy atom. The van der Waals surface area contributed by atoms with E-state index in [1.807, 2.05) is 12.1 Å². The van der Waals surface area contributed by atoms with Crippen molar-refractivity contribution in [3.8, 4) is 0 Å². The molecule has 0 fully saturated rings. The van der Waals surface area contributed by atoms with Crippen molar-refractivity contribution in [2.24, 2.45) is 5.73 Å². The highest BCUT2D eigenvalue weighted by Crippen LogP contribution is 2.21. The van der Waals surface area contributed by atoms with Crippen molar-refractivity contribution >= 4 is 11.6 Å². The van der Waals surface area contributed by atoms with Gasteiger partial charge < -0.3 is 11.5 Å². The van der Waals surface area contributed by atoms with Gasteiger partial charge in [-0.3, -0.25) is 9.69 Å². The molecule has 0 aliphatic carbocycles. The first-order valence-electron chi connectivity index (χ1n) is 5.53. The van der Waals surface area contributed by atoms with Crippen LogP contribution in [0.1, 0.15) is 17.5 Å². The van der Waals surface area contributed by atoms with Crippen molar-refractivity contribution in [1.29, 1.82) is 0 Å². The summed E-state index contributed by atoms with van der Waals surface area (Å²) in [5, 5.41) is 0. The van der Waals surface area contributed by atoms with Crippen LogP contribution < -0.4 is 11.5 Å². The van der Waals surface area contributed by atoms with E-state index in [0.29, 0.717) is 6.42 Å². The largest absolute Gasteiger partial charge is 0.399 e. The van der Waals surface area contributed by atoms with Crippen LogP contribution in [0.15, 0.2) is 18.2 Å². The van der Waals surface area contributed by atoms with E-state index in [1.54, 1.807) is 0 Å². The van der Waals surface area contributed by atoms with Crippen LogP contribution in [-0.2, 0) is 17.8 Å². The summed E-state index contributed by atoms with van der Waals surface area (Å²) in [6, 6.07) is 6.06. The highest BCUT2D eigenvalue weighted by Gasteiger charge is 2.16. The zero-order valence-corrected chi connectivity index (χ0v) is 9.28. The van der Waals surface area contributed by atoms with Gasteiger partial charge in [-0.05, 0) is 29.7 Å². The maximum absolute atomic E-state index is 10.7. The van der Waals surface area contributed by atoms with Crippen LogP contribution in [0, 0.1) is 0 Å². The second-order valence-electron chi connectivity index (χ2n) is 4.27. The lowest BCUT2D eigenvalue weighted by Gasteiger charge is -2.28. The number of rotatable bonds is 3. The number of primary amides is 1. The Kier molecular flexibility index (Phi) is 3.10. The summed E-state index contributed by atoms with van der Waals surface area (Å²) >= 11 is 0. The second-order valence-corrected chi connectivity index (χ2v) is 4.27. The molecule has 0 atom stereocenters. The van der Waals surface area contributed by atoms with Crippen LogP contribution in [-0.4, -0.2) is 23.9 Å². The molecular formula is C12H17N3O. The normalized spacial score (nSPS) is 15.8. The smallest absolute Gasteiger partial charge is 0.218 e. The molecule has 4 heteroatoms. The van der Waals surface area contributed by atoms with Crippen LogP contribution >= 0.6 is 0 Å². The minimum Gasteiger partial charge on any atom is -0.399 e. The molecule has 0 unspecified atom stereocenters. The number of hydrogen-bond donors (Lipinski definition) is 2. The molecule has 1 aliphatic heterocycles. The third-order valence-electron chi connectivity index (χ3n) is 3.00. The minimum absolute atomic E-state index is 0.238. The van der Waals surface area contributed by atoms with Crippen molar-refractivity contribution in [2.75, 3.05) is 18.8 Å². The van der Waals surface area contributed by atoms with E-state index in [0.717, 1.165) is 31.7 Å². The number of carbonyl (C=O) groups is 1. The lowest BCUT2D eigenvalue weighted by atomic mass is 9.99. The number of hydrogen-bond acceptors (Lipinski definition) is 3. The highest BCUT2D eigenvalue weighted by molar-refractivity contribution is 5.73. The highest BCUT2D eigenvalue weighted by atomic mass is 16.1. The SMILES string of the molecule is NC(=O)CCN1CCc2ccc(N)cc2C1. The fraction of sp³-hybridized carbons (Fsp3) is 0.417. The van der Waals surface area contributed by atoms with E-state index in [-0.39, 0.29) is 5.91 Å². The zero-order valence-electron chi connectivity index (χ0n) is 9.28. The van der Waals surface area contributed by atoms with Crippen LogP contribution in [0.3, 0.4) is 0 Å².